The maximum atomic E-state index is 12.3. The normalized spacial score (nSPS) is 10.5. The van der Waals surface area contributed by atoms with Gasteiger partial charge in [0.25, 0.3) is 5.56 Å². The van der Waals surface area contributed by atoms with Gasteiger partial charge in [0.1, 0.15) is 11.6 Å². The zero-order valence-corrected chi connectivity index (χ0v) is 17.7. The first-order valence-electron chi connectivity index (χ1n) is 9.46. The lowest BCUT2D eigenvalue weighted by atomic mass is 10.1. The van der Waals surface area contributed by atoms with Crippen LogP contribution in [-0.4, -0.2) is 48.1 Å². The standard InChI is InChI=1S/C22H19N5O6/c1-31-16-8-13(9-17(32-2)20(16)33-12-18(28)29)11-24-27-22-25-19(14-6-4-3-5-7-14)15(10-23)21(30)26-22/h3-9,11H,12H2,1-2H3,(H,28,29)(H2,25,26,27,30). The molecule has 0 spiro atoms. The lowest BCUT2D eigenvalue weighted by Crippen LogP contribution is -2.16. The van der Waals surface area contributed by atoms with Crippen molar-refractivity contribution in [3.63, 3.8) is 0 Å². The predicted octanol–water partition coefficient (Wildman–Crippen LogP) is 2.24. The highest BCUT2D eigenvalue weighted by molar-refractivity contribution is 5.83. The number of carbonyl (C=O) groups is 1. The molecule has 0 amide bonds. The number of anilines is 1. The first-order valence-corrected chi connectivity index (χ1v) is 9.46. The van der Waals surface area contributed by atoms with E-state index >= 15 is 0 Å². The van der Waals surface area contributed by atoms with E-state index in [1.54, 1.807) is 36.4 Å². The molecule has 0 aliphatic rings. The van der Waals surface area contributed by atoms with Crippen LogP contribution < -0.4 is 25.2 Å². The van der Waals surface area contributed by atoms with E-state index in [2.05, 4.69) is 20.5 Å². The molecule has 0 unspecified atom stereocenters. The van der Waals surface area contributed by atoms with Gasteiger partial charge in [-0.25, -0.2) is 15.2 Å². The molecule has 0 radical (unpaired) electrons. The largest absolute Gasteiger partial charge is 0.493 e. The molecule has 0 aliphatic heterocycles. The second-order valence-electron chi connectivity index (χ2n) is 6.42. The number of methoxy groups -OCH3 is 2. The summed E-state index contributed by atoms with van der Waals surface area (Å²) in [6, 6.07) is 13.8. The summed E-state index contributed by atoms with van der Waals surface area (Å²) < 4.78 is 15.8. The van der Waals surface area contributed by atoms with Crippen molar-refractivity contribution in [1.29, 1.82) is 5.26 Å². The van der Waals surface area contributed by atoms with E-state index in [4.69, 9.17) is 19.3 Å². The summed E-state index contributed by atoms with van der Waals surface area (Å²) in [5.74, 6) is -0.484. The Kier molecular flexibility index (Phi) is 7.23. The minimum absolute atomic E-state index is 0.0365. The fraction of sp³-hybridized carbons (Fsp3) is 0.136. The minimum atomic E-state index is -1.15. The van der Waals surface area contributed by atoms with Crippen LogP contribution in [-0.2, 0) is 4.79 Å². The molecule has 11 nitrogen and oxygen atoms in total. The summed E-state index contributed by atoms with van der Waals surface area (Å²) in [5, 5.41) is 22.2. The highest BCUT2D eigenvalue weighted by atomic mass is 16.5. The summed E-state index contributed by atoms with van der Waals surface area (Å²) in [6.07, 6.45) is 1.41. The van der Waals surface area contributed by atoms with E-state index in [1.807, 2.05) is 12.1 Å². The molecule has 1 heterocycles. The summed E-state index contributed by atoms with van der Waals surface area (Å²) in [7, 11) is 2.80. The van der Waals surface area contributed by atoms with Gasteiger partial charge in [0, 0.05) is 11.1 Å². The average molecular weight is 449 g/mol. The lowest BCUT2D eigenvalue weighted by Gasteiger charge is -2.14. The van der Waals surface area contributed by atoms with Gasteiger partial charge >= 0.3 is 5.97 Å². The van der Waals surface area contributed by atoms with Gasteiger partial charge in [-0.1, -0.05) is 30.3 Å². The monoisotopic (exact) mass is 449 g/mol. The van der Waals surface area contributed by atoms with Gasteiger partial charge < -0.3 is 19.3 Å². The Balaban J connectivity index is 1.88. The second-order valence-corrected chi connectivity index (χ2v) is 6.42. The average Bonchev–Trinajstić information content (AvgIpc) is 2.82. The van der Waals surface area contributed by atoms with E-state index in [1.165, 1.54) is 20.4 Å². The number of carboxylic acids is 1. The number of nitrogens with one attached hydrogen (secondary N) is 2. The van der Waals surface area contributed by atoms with Crippen LogP contribution in [0.5, 0.6) is 17.2 Å². The van der Waals surface area contributed by atoms with Crippen molar-refractivity contribution in [2.75, 3.05) is 26.3 Å². The molecule has 3 aromatic rings. The number of aromatic nitrogens is 2. The maximum Gasteiger partial charge on any atom is 0.341 e. The molecule has 1 aromatic heterocycles. The number of ether oxygens (including phenoxy) is 3. The molecule has 33 heavy (non-hydrogen) atoms. The van der Waals surface area contributed by atoms with Crippen molar-refractivity contribution >= 4 is 18.1 Å². The van der Waals surface area contributed by atoms with Crippen LogP contribution in [0.3, 0.4) is 0 Å². The van der Waals surface area contributed by atoms with Gasteiger partial charge in [0.2, 0.25) is 11.7 Å². The quantitative estimate of drug-likeness (QED) is 0.329. The fourth-order valence-corrected chi connectivity index (χ4v) is 2.85. The Bertz CT molecular complexity index is 1260. The third-order valence-electron chi connectivity index (χ3n) is 4.29. The Morgan fingerprint density at radius 3 is 2.48 bits per heavy atom. The van der Waals surface area contributed by atoms with Gasteiger partial charge in [0.15, 0.2) is 18.1 Å². The number of carboxylic acid groups (broad SMARTS) is 1. The SMILES string of the molecule is COc1cc(C=NNc2nc(-c3ccccc3)c(C#N)c(=O)[nH]2)cc(OC)c1OCC(=O)O. The topological polar surface area (TPSA) is 159 Å². The molecule has 0 saturated carbocycles. The van der Waals surface area contributed by atoms with Crippen molar-refractivity contribution in [2.45, 2.75) is 0 Å². The van der Waals surface area contributed by atoms with Crippen LogP contribution in [0, 0.1) is 11.3 Å². The zero-order chi connectivity index (χ0) is 23.8. The number of hydrogen-bond donors (Lipinski definition) is 3. The van der Waals surface area contributed by atoms with Crippen molar-refractivity contribution in [3.8, 4) is 34.6 Å². The number of benzene rings is 2. The van der Waals surface area contributed by atoms with Crippen LogP contribution in [0.1, 0.15) is 11.1 Å². The fourth-order valence-electron chi connectivity index (χ4n) is 2.85. The van der Waals surface area contributed by atoms with E-state index in [0.717, 1.165) is 0 Å². The van der Waals surface area contributed by atoms with Crippen molar-refractivity contribution in [3.05, 3.63) is 63.9 Å². The van der Waals surface area contributed by atoms with Gasteiger partial charge in [-0.05, 0) is 12.1 Å². The first-order chi connectivity index (χ1) is 16.0. The Hall–Kier alpha value is -4.85. The van der Waals surface area contributed by atoms with Gasteiger partial charge in [-0.3, -0.25) is 9.78 Å². The Morgan fingerprint density at radius 1 is 1.24 bits per heavy atom. The molecule has 0 saturated heterocycles. The molecule has 168 valence electrons. The lowest BCUT2D eigenvalue weighted by molar-refractivity contribution is -0.139. The molecule has 3 rings (SSSR count). The Labute approximate surface area is 187 Å². The summed E-state index contributed by atoms with van der Waals surface area (Å²) in [6.45, 7) is -0.566. The number of H-pyrrole nitrogens is 1. The van der Waals surface area contributed by atoms with Crippen LogP contribution in [0.2, 0.25) is 0 Å². The molecule has 11 heteroatoms. The van der Waals surface area contributed by atoms with Crippen LogP contribution in [0.4, 0.5) is 5.95 Å². The highest BCUT2D eigenvalue weighted by Crippen LogP contribution is 2.38. The van der Waals surface area contributed by atoms with E-state index in [0.29, 0.717) is 11.1 Å². The smallest absolute Gasteiger partial charge is 0.341 e. The number of nitriles is 1. The molecule has 0 bridgehead atoms. The third-order valence-corrected chi connectivity index (χ3v) is 4.29. The number of hydrazone groups is 1. The molecule has 0 aliphatic carbocycles. The molecular formula is C22H19N5O6. The molecule has 2 aromatic carbocycles. The van der Waals surface area contributed by atoms with E-state index < -0.39 is 18.1 Å². The van der Waals surface area contributed by atoms with E-state index in [9.17, 15) is 14.9 Å². The number of rotatable bonds is 9. The number of nitrogens with zero attached hydrogens (tertiary/aromatic N) is 3. The van der Waals surface area contributed by atoms with Crippen molar-refractivity contribution < 1.29 is 24.1 Å². The number of aliphatic carboxylic acids is 1. The molecule has 0 atom stereocenters. The summed E-state index contributed by atoms with van der Waals surface area (Å²) in [5.41, 5.74) is 3.28. The van der Waals surface area contributed by atoms with E-state index in [-0.39, 0.29) is 34.5 Å². The molecule has 0 fully saturated rings. The zero-order valence-electron chi connectivity index (χ0n) is 17.7. The second kappa shape index (κ2) is 10.5. The number of hydrogen-bond acceptors (Lipinski definition) is 9. The van der Waals surface area contributed by atoms with Gasteiger partial charge in [-0.2, -0.15) is 10.4 Å². The van der Waals surface area contributed by atoms with Crippen molar-refractivity contribution in [1.82, 2.24) is 9.97 Å². The molecule has 3 N–H and O–H groups in total. The van der Waals surface area contributed by atoms with Crippen LogP contribution in [0.25, 0.3) is 11.3 Å². The van der Waals surface area contributed by atoms with Crippen LogP contribution in [0.15, 0.2) is 52.4 Å². The highest BCUT2D eigenvalue weighted by Gasteiger charge is 2.16. The summed E-state index contributed by atoms with van der Waals surface area (Å²) >= 11 is 0. The summed E-state index contributed by atoms with van der Waals surface area (Å²) in [4.78, 5) is 29.9. The minimum Gasteiger partial charge on any atom is -0.493 e. The van der Waals surface area contributed by atoms with Crippen molar-refractivity contribution in [2.24, 2.45) is 5.10 Å². The van der Waals surface area contributed by atoms with Gasteiger partial charge in [0.05, 0.1) is 26.1 Å². The number of aromatic amines is 1. The van der Waals surface area contributed by atoms with Crippen LogP contribution >= 0.6 is 0 Å². The molecular weight excluding hydrogens is 430 g/mol. The maximum absolute atomic E-state index is 12.3. The first kappa shape index (κ1) is 22.8. The Morgan fingerprint density at radius 2 is 1.91 bits per heavy atom. The third kappa shape index (κ3) is 5.45. The predicted molar refractivity (Wildman–Crippen MR) is 119 cm³/mol. The van der Waals surface area contributed by atoms with Gasteiger partial charge in [-0.15, -0.1) is 0 Å².